The molecule has 0 unspecified atom stereocenters. The second kappa shape index (κ2) is 7.25. The van der Waals surface area contributed by atoms with Gasteiger partial charge in [-0.3, -0.25) is 9.59 Å². The molecule has 0 aliphatic carbocycles. The maximum Gasteiger partial charge on any atom is 0.228 e. The number of benzene rings is 2. The number of fused-ring (bicyclic) bond motifs is 1. The largest absolute Gasteiger partial charge is 0.495 e. The lowest BCUT2D eigenvalue weighted by atomic mass is 10.1. The van der Waals surface area contributed by atoms with Crippen molar-refractivity contribution in [1.82, 2.24) is 0 Å². The Morgan fingerprint density at radius 3 is 2.92 bits per heavy atom. The van der Waals surface area contributed by atoms with Crippen LogP contribution in [-0.2, 0) is 16.0 Å². The van der Waals surface area contributed by atoms with Gasteiger partial charge >= 0.3 is 0 Å². The molecule has 2 aromatic rings. The van der Waals surface area contributed by atoms with Crippen LogP contribution in [0.5, 0.6) is 11.5 Å². The highest BCUT2D eigenvalue weighted by atomic mass is 16.5. The monoisotopic (exact) mass is 340 g/mol. The van der Waals surface area contributed by atoms with E-state index in [1.807, 2.05) is 31.2 Å². The van der Waals surface area contributed by atoms with Gasteiger partial charge in [0.05, 0.1) is 37.9 Å². The van der Waals surface area contributed by atoms with Crippen molar-refractivity contribution in [3.63, 3.8) is 0 Å². The molecule has 0 aromatic heterocycles. The van der Waals surface area contributed by atoms with Crippen molar-refractivity contribution in [2.45, 2.75) is 19.8 Å². The lowest BCUT2D eigenvalue weighted by molar-refractivity contribution is -0.116. The highest BCUT2D eigenvalue weighted by molar-refractivity contribution is 5.95. The molecule has 2 aromatic carbocycles. The Balaban J connectivity index is 1.73. The van der Waals surface area contributed by atoms with Crippen molar-refractivity contribution < 1.29 is 19.1 Å². The van der Waals surface area contributed by atoms with Crippen LogP contribution in [0.15, 0.2) is 36.4 Å². The van der Waals surface area contributed by atoms with Gasteiger partial charge in [-0.15, -0.1) is 0 Å². The fourth-order valence-corrected chi connectivity index (χ4v) is 2.68. The average Bonchev–Trinajstić information content (AvgIpc) is 2.75. The summed E-state index contributed by atoms with van der Waals surface area (Å²) in [7, 11) is 1.56. The van der Waals surface area contributed by atoms with Gasteiger partial charge in [0.15, 0.2) is 0 Å². The quantitative estimate of drug-likeness (QED) is 0.897. The van der Waals surface area contributed by atoms with Gasteiger partial charge in [-0.25, -0.2) is 0 Å². The molecule has 0 fully saturated rings. The Kier molecular flexibility index (Phi) is 4.88. The van der Waals surface area contributed by atoms with E-state index < -0.39 is 0 Å². The van der Waals surface area contributed by atoms with E-state index in [4.69, 9.17) is 9.47 Å². The number of rotatable bonds is 4. The third kappa shape index (κ3) is 4.09. The summed E-state index contributed by atoms with van der Waals surface area (Å²) in [6.07, 6.45) is 0.498. The molecule has 0 atom stereocenters. The van der Waals surface area contributed by atoms with Crippen LogP contribution in [0, 0.1) is 6.92 Å². The number of amides is 2. The molecule has 0 saturated carbocycles. The summed E-state index contributed by atoms with van der Waals surface area (Å²) in [4.78, 5) is 24.0. The maximum absolute atomic E-state index is 12.4. The van der Waals surface area contributed by atoms with Crippen LogP contribution < -0.4 is 20.1 Å². The molecule has 3 rings (SSSR count). The number of carbonyl (C=O) groups excluding carboxylic acids is 2. The molecule has 2 N–H and O–H groups in total. The molecule has 6 heteroatoms. The molecular formula is C19H20N2O4. The van der Waals surface area contributed by atoms with Gasteiger partial charge in [-0.05, 0) is 42.3 Å². The highest BCUT2D eigenvalue weighted by Gasteiger charge is 2.15. The first-order valence-corrected chi connectivity index (χ1v) is 8.05. The van der Waals surface area contributed by atoms with Crippen LogP contribution in [0.25, 0.3) is 0 Å². The van der Waals surface area contributed by atoms with Crippen LogP contribution in [0.1, 0.15) is 17.5 Å². The average molecular weight is 340 g/mol. The van der Waals surface area contributed by atoms with Gasteiger partial charge in [0.1, 0.15) is 11.5 Å². The minimum atomic E-state index is -0.162. The third-order valence-electron chi connectivity index (χ3n) is 3.90. The number of carbonyl (C=O) groups is 2. The Hall–Kier alpha value is -3.02. The number of methoxy groups -OCH3 is 1. The van der Waals surface area contributed by atoms with Gasteiger partial charge in [0.25, 0.3) is 0 Å². The molecular weight excluding hydrogens is 320 g/mol. The molecule has 1 heterocycles. The molecule has 0 radical (unpaired) electrons. The Labute approximate surface area is 146 Å². The van der Waals surface area contributed by atoms with Gasteiger partial charge in [0, 0.05) is 0 Å². The van der Waals surface area contributed by atoms with E-state index in [1.165, 1.54) is 0 Å². The van der Waals surface area contributed by atoms with Crippen LogP contribution in [0.4, 0.5) is 11.4 Å². The van der Waals surface area contributed by atoms with E-state index in [1.54, 1.807) is 19.2 Å². The number of hydrogen-bond donors (Lipinski definition) is 2. The van der Waals surface area contributed by atoms with Gasteiger partial charge < -0.3 is 20.1 Å². The molecule has 1 aliphatic heterocycles. The molecule has 0 bridgehead atoms. The molecule has 25 heavy (non-hydrogen) atoms. The fraction of sp³-hybridized carbons (Fsp3) is 0.263. The van der Waals surface area contributed by atoms with Crippen molar-refractivity contribution in [3.8, 4) is 11.5 Å². The number of hydrogen-bond acceptors (Lipinski definition) is 4. The minimum Gasteiger partial charge on any atom is -0.495 e. The van der Waals surface area contributed by atoms with Crippen molar-refractivity contribution >= 4 is 23.2 Å². The topological polar surface area (TPSA) is 76.7 Å². The summed E-state index contributed by atoms with van der Waals surface area (Å²) >= 11 is 0. The first kappa shape index (κ1) is 16.8. The molecule has 6 nitrogen and oxygen atoms in total. The van der Waals surface area contributed by atoms with E-state index in [9.17, 15) is 9.59 Å². The van der Waals surface area contributed by atoms with E-state index in [-0.39, 0.29) is 18.2 Å². The molecule has 2 amide bonds. The van der Waals surface area contributed by atoms with Crippen LogP contribution in [0.2, 0.25) is 0 Å². The van der Waals surface area contributed by atoms with E-state index in [0.29, 0.717) is 35.9 Å². The zero-order valence-electron chi connectivity index (χ0n) is 14.2. The maximum atomic E-state index is 12.4. The van der Waals surface area contributed by atoms with Crippen LogP contribution >= 0.6 is 0 Å². The number of aryl methyl sites for hydroxylation is 1. The van der Waals surface area contributed by atoms with Gasteiger partial charge in [-0.2, -0.15) is 0 Å². The third-order valence-corrected chi connectivity index (χ3v) is 3.90. The zero-order valence-corrected chi connectivity index (χ0v) is 14.2. The van der Waals surface area contributed by atoms with E-state index >= 15 is 0 Å². The smallest absolute Gasteiger partial charge is 0.228 e. The van der Waals surface area contributed by atoms with Crippen molar-refractivity contribution in [2.75, 3.05) is 24.4 Å². The molecule has 0 saturated heterocycles. The van der Waals surface area contributed by atoms with Crippen LogP contribution in [-0.4, -0.2) is 25.5 Å². The summed E-state index contributed by atoms with van der Waals surface area (Å²) in [5.41, 5.74) is 3.05. The zero-order chi connectivity index (χ0) is 17.8. The standard InChI is InChI=1S/C19H20N2O4/c1-12-3-5-16(24-2)14(9-12)21-19(23)11-13-4-6-17-15(10-13)20-18(22)7-8-25-17/h3-6,9-10H,7-8,11H2,1-2H3,(H,20,22)(H,21,23). The summed E-state index contributed by atoms with van der Waals surface area (Å²) in [6, 6.07) is 11.0. The Morgan fingerprint density at radius 1 is 1.28 bits per heavy atom. The SMILES string of the molecule is COc1ccc(C)cc1NC(=O)Cc1ccc2c(c1)NC(=O)CCO2. The van der Waals surface area contributed by atoms with Crippen LogP contribution in [0.3, 0.4) is 0 Å². The number of ether oxygens (including phenoxy) is 2. The number of anilines is 2. The summed E-state index contributed by atoms with van der Waals surface area (Å²) in [6.45, 7) is 2.30. The first-order valence-electron chi connectivity index (χ1n) is 8.05. The Morgan fingerprint density at radius 2 is 2.12 bits per heavy atom. The summed E-state index contributed by atoms with van der Waals surface area (Å²) in [5, 5.41) is 5.67. The lowest BCUT2D eigenvalue weighted by Crippen LogP contribution is -2.15. The Bertz CT molecular complexity index is 817. The number of nitrogens with one attached hydrogen (secondary N) is 2. The minimum absolute atomic E-state index is 0.0927. The van der Waals surface area contributed by atoms with E-state index in [2.05, 4.69) is 10.6 Å². The molecule has 130 valence electrons. The predicted octanol–water partition coefficient (Wildman–Crippen LogP) is 2.91. The van der Waals surface area contributed by atoms with Crippen molar-refractivity contribution in [2.24, 2.45) is 0 Å². The van der Waals surface area contributed by atoms with E-state index in [0.717, 1.165) is 11.1 Å². The molecule has 0 spiro atoms. The summed E-state index contributed by atoms with van der Waals surface area (Å²) < 4.78 is 10.8. The summed E-state index contributed by atoms with van der Waals surface area (Å²) in [5.74, 6) is 0.978. The van der Waals surface area contributed by atoms with Gasteiger partial charge in [0.2, 0.25) is 11.8 Å². The second-order valence-electron chi connectivity index (χ2n) is 5.91. The predicted molar refractivity (Wildman–Crippen MR) is 95.2 cm³/mol. The fourth-order valence-electron chi connectivity index (χ4n) is 2.68. The lowest BCUT2D eigenvalue weighted by Gasteiger charge is -2.12. The second-order valence-corrected chi connectivity index (χ2v) is 5.91. The van der Waals surface area contributed by atoms with Gasteiger partial charge in [-0.1, -0.05) is 12.1 Å². The van der Waals surface area contributed by atoms with Crippen molar-refractivity contribution in [1.29, 1.82) is 0 Å². The highest BCUT2D eigenvalue weighted by Crippen LogP contribution is 2.29. The first-order chi connectivity index (χ1) is 12.0. The normalized spacial score (nSPS) is 13.1. The molecule has 1 aliphatic rings. The van der Waals surface area contributed by atoms with Crippen molar-refractivity contribution in [3.05, 3.63) is 47.5 Å².